The van der Waals surface area contributed by atoms with Crippen LogP contribution < -0.4 is 0 Å². The second-order valence-electron chi connectivity index (χ2n) is 3.42. The molecule has 0 aliphatic rings. The highest BCUT2D eigenvalue weighted by Gasteiger charge is 2.14. The van der Waals surface area contributed by atoms with E-state index in [2.05, 4.69) is 4.74 Å². The first-order chi connectivity index (χ1) is 8.24. The second kappa shape index (κ2) is 4.54. The van der Waals surface area contributed by atoms with E-state index in [0.29, 0.717) is 5.39 Å². The Bertz CT molecular complexity index is 614. The van der Waals surface area contributed by atoms with Gasteiger partial charge in [0.25, 0.3) is 0 Å². The van der Waals surface area contributed by atoms with Crippen molar-refractivity contribution in [1.29, 1.82) is 5.26 Å². The van der Waals surface area contributed by atoms with Gasteiger partial charge in [-0.15, -0.1) is 0 Å². The van der Waals surface area contributed by atoms with Crippen molar-refractivity contribution in [1.82, 2.24) is 0 Å². The molecule has 0 heterocycles. The molecule has 0 unspecified atom stereocenters. The van der Waals surface area contributed by atoms with Crippen molar-refractivity contribution in [2.45, 2.75) is 0 Å². The molecular weight excluding hydrogens is 218 g/mol. The Morgan fingerprint density at radius 1 is 1.29 bits per heavy atom. The van der Waals surface area contributed by atoms with Crippen LogP contribution >= 0.6 is 0 Å². The fourth-order valence-electron chi connectivity index (χ4n) is 1.60. The maximum atomic E-state index is 11.5. The molecule has 0 aliphatic heterocycles. The first-order valence-corrected chi connectivity index (χ1v) is 4.99. The fraction of sp³-hybridized carbons (Fsp3) is 0.0769. The molecule has 0 saturated heterocycles. The van der Waals surface area contributed by atoms with Crippen LogP contribution in [0.1, 0.15) is 10.4 Å². The van der Waals surface area contributed by atoms with Crippen molar-refractivity contribution in [3.63, 3.8) is 0 Å². The van der Waals surface area contributed by atoms with Gasteiger partial charge >= 0.3 is 5.97 Å². The molecule has 0 aromatic heterocycles. The van der Waals surface area contributed by atoms with Gasteiger partial charge in [0, 0.05) is 5.39 Å². The number of hydrogen-bond donors (Lipinski definition) is 1. The van der Waals surface area contributed by atoms with E-state index < -0.39 is 5.97 Å². The lowest BCUT2D eigenvalue weighted by atomic mass is 10.1. The van der Waals surface area contributed by atoms with Crippen molar-refractivity contribution in [2.24, 2.45) is 0 Å². The Balaban J connectivity index is 2.46. The van der Waals surface area contributed by atoms with E-state index in [1.54, 1.807) is 24.3 Å². The number of esters is 1. The van der Waals surface area contributed by atoms with Gasteiger partial charge in [-0.3, -0.25) is 0 Å². The highest BCUT2D eigenvalue weighted by atomic mass is 16.5. The molecule has 0 atom stereocenters. The minimum absolute atomic E-state index is 0.0685. The van der Waals surface area contributed by atoms with Crippen molar-refractivity contribution >= 4 is 16.7 Å². The summed E-state index contributed by atoms with van der Waals surface area (Å²) in [5, 5.41) is 19.7. The number of phenolic OH excluding ortho intramolecular Hbond substituents is 1. The monoisotopic (exact) mass is 227 g/mol. The first-order valence-electron chi connectivity index (χ1n) is 4.99. The highest BCUT2D eigenvalue weighted by molar-refractivity contribution is 6.01. The molecule has 2 aromatic rings. The third-order valence-electron chi connectivity index (χ3n) is 2.39. The van der Waals surface area contributed by atoms with E-state index in [4.69, 9.17) is 5.26 Å². The summed E-state index contributed by atoms with van der Waals surface area (Å²) in [5.41, 5.74) is 0.0685. The van der Waals surface area contributed by atoms with Crippen LogP contribution in [-0.4, -0.2) is 17.7 Å². The number of fused-ring (bicyclic) bond motifs is 1. The Morgan fingerprint density at radius 3 is 2.82 bits per heavy atom. The number of carbonyl (C=O) groups excluding carboxylic acids is 1. The molecule has 0 radical (unpaired) electrons. The zero-order valence-corrected chi connectivity index (χ0v) is 8.88. The number of benzene rings is 2. The van der Waals surface area contributed by atoms with Crippen LogP contribution in [0.5, 0.6) is 5.75 Å². The van der Waals surface area contributed by atoms with E-state index in [1.165, 1.54) is 6.07 Å². The quantitative estimate of drug-likeness (QED) is 0.798. The lowest BCUT2D eigenvalue weighted by Gasteiger charge is -2.06. The van der Waals surface area contributed by atoms with Crippen molar-refractivity contribution in [3.8, 4) is 11.8 Å². The zero-order valence-electron chi connectivity index (χ0n) is 8.88. The van der Waals surface area contributed by atoms with Gasteiger partial charge in [0.1, 0.15) is 17.4 Å². The predicted octanol–water partition coefficient (Wildman–Crippen LogP) is 2.23. The average Bonchev–Trinajstić information content (AvgIpc) is 2.37. The molecule has 0 saturated carbocycles. The summed E-state index contributed by atoms with van der Waals surface area (Å²) < 4.78 is 4.65. The van der Waals surface area contributed by atoms with Crippen LogP contribution in [0.25, 0.3) is 10.8 Å². The molecule has 4 heteroatoms. The number of ether oxygens (including phenoxy) is 1. The summed E-state index contributed by atoms with van der Waals surface area (Å²) in [6.45, 7) is -0.328. The topological polar surface area (TPSA) is 70.3 Å². The summed E-state index contributed by atoms with van der Waals surface area (Å²) in [6.07, 6.45) is 0. The molecule has 2 aromatic carbocycles. The maximum absolute atomic E-state index is 11.5. The predicted molar refractivity (Wildman–Crippen MR) is 61.5 cm³/mol. The van der Waals surface area contributed by atoms with Crippen LogP contribution in [0.4, 0.5) is 0 Å². The summed E-state index contributed by atoms with van der Waals surface area (Å²) in [4.78, 5) is 11.5. The van der Waals surface area contributed by atoms with E-state index in [-0.39, 0.29) is 17.9 Å². The Kier molecular flexibility index (Phi) is 2.93. The van der Waals surface area contributed by atoms with Crippen molar-refractivity contribution in [2.75, 3.05) is 6.61 Å². The van der Waals surface area contributed by atoms with Gasteiger partial charge in [0.2, 0.25) is 0 Å². The molecule has 0 bridgehead atoms. The Morgan fingerprint density at radius 2 is 2.06 bits per heavy atom. The summed E-state index contributed by atoms with van der Waals surface area (Å²) >= 11 is 0. The minimum Gasteiger partial charge on any atom is -0.506 e. The maximum Gasteiger partial charge on any atom is 0.342 e. The lowest BCUT2D eigenvalue weighted by molar-refractivity contribution is 0.0552. The normalized spacial score (nSPS) is 9.82. The molecule has 0 amide bonds. The van der Waals surface area contributed by atoms with Gasteiger partial charge in [-0.05, 0) is 11.5 Å². The standard InChI is InChI=1S/C13H9NO3/c14-7-8-17-13(16)11-6-5-9-3-1-2-4-10(9)12(11)15/h1-6,15H,8H2. The van der Waals surface area contributed by atoms with Gasteiger partial charge in [-0.2, -0.15) is 5.26 Å². The summed E-state index contributed by atoms with van der Waals surface area (Å²) in [5.74, 6) is -0.819. The van der Waals surface area contributed by atoms with E-state index >= 15 is 0 Å². The van der Waals surface area contributed by atoms with Crippen LogP contribution in [0.3, 0.4) is 0 Å². The number of hydrogen-bond acceptors (Lipinski definition) is 4. The molecule has 0 aliphatic carbocycles. The molecule has 84 valence electrons. The minimum atomic E-state index is -0.699. The largest absolute Gasteiger partial charge is 0.506 e. The third kappa shape index (κ3) is 2.04. The van der Waals surface area contributed by atoms with Gasteiger partial charge < -0.3 is 9.84 Å². The Hall–Kier alpha value is -2.54. The van der Waals surface area contributed by atoms with Crippen LogP contribution in [0.15, 0.2) is 36.4 Å². The van der Waals surface area contributed by atoms with Gasteiger partial charge in [0.15, 0.2) is 6.61 Å². The highest BCUT2D eigenvalue weighted by Crippen LogP contribution is 2.28. The molecule has 4 nitrogen and oxygen atoms in total. The molecule has 1 N–H and O–H groups in total. The first kappa shape index (κ1) is 11.0. The number of carbonyl (C=O) groups is 1. The van der Waals surface area contributed by atoms with E-state index in [9.17, 15) is 9.90 Å². The molecule has 0 spiro atoms. The third-order valence-corrected chi connectivity index (χ3v) is 2.39. The van der Waals surface area contributed by atoms with Crippen LogP contribution in [-0.2, 0) is 4.74 Å². The fourth-order valence-corrected chi connectivity index (χ4v) is 1.60. The van der Waals surface area contributed by atoms with Gasteiger partial charge in [-0.25, -0.2) is 4.79 Å². The smallest absolute Gasteiger partial charge is 0.342 e. The van der Waals surface area contributed by atoms with Crippen molar-refractivity contribution < 1.29 is 14.6 Å². The van der Waals surface area contributed by atoms with Crippen molar-refractivity contribution in [3.05, 3.63) is 42.0 Å². The molecule has 17 heavy (non-hydrogen) atoms. The number of rotatable bonds is 2. The molecular formula is C13H9NO3. The lowest BCUT2D eigenvalue weighted by Crippen LogP contribution is -2.05. The zero-order chi connectivity index (χ0) is 12.3. The number of nitrogens with zero attached hydrogens (tertiary/aromatic N) is 1. The number of nitriles is 1. The van der Waals surface area contributed by atoms with Crippen LogP contribution in [0, 0.1) is 11.3 Å². The Labute approximate surface area is 97.7 Å². The second-order valence-corrected chi connectivity index (χ2v) is 3.42. The molecule has 2 rings (SSSR count). The summed E-state index contributed by atoms with van der Waals surface area (Å²) in [7, 11) is 0. The van der Waals surface area contributed by atoms with Gasteiger partial charge in [-0.1, -0.05) is 30.3 Å². The van der Waals surface area contributed by atoms with E-state index in [1.807, 2.05) is 12.1 Å². The van der Waals surface area contributed by atoms with Gasteiger partial charge in [0.05, 0.1) is 0 Å². The summed E-state index contributed by atoms with van der Waals surface area (Å²) in [6, 6.07) is 12.1. The number of phenols is 1. The average molecular weight is 227 g/mol. The SMILES string of the molecule is N#CCOC(=O)c1ccc2ccccc2c1O. The van der Waals surface area contributed by atoms with Crippen LogP contribution in [0.2, 0.25) is 0 Å². The molecule has 0 fully saturated rings. The van der Waals surface area contributed by atoms with E-state index in [0.717, 1.165) is 5.39 Å². The number of aromatic hydroxyl groups is 1.